The van der Waals surface area contributed by atoms with Crippen molar-refractivity contribution in [3.63, 3.8) is 0 Å². The molecule has 0 aromatic heterocycles. The van der Waals surface area contributed by atoms with Gasteiger partial charge in [-0.25, -0.2) is 0 Å². The van der Waals surface area contributed by atoms with E-state index in [1.54, 1.807) is 0 Å². The van der Waals surface area contributed by atoms with E-state index in [0.29, 0.717) is 17.8 Å². The Morgan fingerprint density at radius 1 is 0.800 bits per heavy atom. The van der Waals surface area contributed by atoms with Crippen LogP contribution in [0, 0.1) is 75.5 Å². The molecule has 6 atom stereocenters. The van der Waals surface area contributed by atoms with Gasteiger partial charge in [-0.2, -0.15) is 10.2 Å². The molecule has 3 saturated carbocycles. The molecule has 2 aromatic rings. The predicted molar refractivity (Wildman–Crippen MR) is 166 cm³/mol. The molecule has 16 nitrogen and oxygen atoms in total. The first kappa shape index (κ1) is 31.4. The molecule has 3 aliphatic carbocycles. The van der Waals surface area contributed by atoms with Gasteiger partial charge in [-0.15, -0.1) is 0 Å². The Balaban J connectivity index is 1.29. The molecule has 16 heteroatoms. The maximum atomic E-state index is 11.5. The van der Waals surface area contributed by atoms with Gasteiger partial charge in [-0.05, 0) is 86.7 Å². The Bertz CT molecular complexity index is 1630. The number of nitro benzene ring substituents is 4. The summed E-state index contributed by atoms with van der Waals surface area (Å²) < 4.78 is 0. The van der Waals surface area contributed by atoms with Gasteiger partial charge in [0.1, 0.15) is 11.4 Å². The smallest absolute Gasteiger partial charge is 0.272 e. The lowest BCUT2D eigenvalue weighted by atomic mass is 9.52. The zero-order chi connectivity index (χ0) is 32.6. The molecule has 0 amide bonds. The normalized spacial score (nSPS) is 28.6. The largest absolute Gasteiger partial charge is 0.301 e. The molecular formula is C29H34N8O8. The van der Waals surface area contributed by atoms with Crippen LogP contribution in [0.25, 0.3) is 0 Å². The van der Waals surface area contributed by atoms with Crippen molar-refractivity contribution in [2.45, 2.75) is 59.3 Å². The van der Waals surface area contributed by atoms with Gasteiger partial charge in [-0.3, -0.25) is 51.3 Å². The molecule has 0 heterocycles. The van der Waals surface area contributed by atoms with Crippen molar-refractivity contribution in [1.82, 2.24) is 0 Å². The number of hydrogen-bond acceptors (Lipinski definition) is 12. The minimum Gasteiger partial charge on any atom is -0.272 e. The highest BCUT2D eigenvalue weighted by Gasteiger charge is 2.56. The highest BCUT2D eigenvalue weighted by atomic mass is 16.6. The second kappa shape index (κ2) is 12.2. The third kappa shape index (κ3) is 5.91. The Hall–Kier alpha value is -5.02. The van der Waals surface area contributed by atoms with E-state index in [1.807, 2.05) is 6.92 Å². The third-order valence-electron chi connectivity index (χ3n) is 10.3. The van der Waals surface area contributed by atoms with Crippen molar-refractivity contribution in [2.75, 3.05) is 10.9 Å². The lowest BCUT2D eigenvalue weighted by Crippen LogP contribution is -2.48. The highest BCUT2D eigenvalue weighted by molar-refractivity contribution is 5.89. The number of nitro groups is 4. The molecule has 2 aromatic carbocycles. The van der Waals surface area contributed by atoms with E-state index >= 15 is 0 Å². The number of hydrazone groups is 2. The summed E-state index contributed by atoms with van der Waals surface area (Å²) in [5.41, 5.74) is 5.99. The number of rotatable bonds is 9. The van der Waals surface area contributed by atoms with Gasteiger partial charge in [0, 0.05) is 29.5 Å². The fourth-order valence-electron chi connectivity index (χ4n) is 8.10. The lowest BCUT2D eigenvalue weighted by molar-refractivity contribution is -0.393. The zero-order valence-electron chi connectivity index (χ0n) is 25.0. The number of hydrogen-bond donors (Lipinski definition) is 2. The summed E-state index contributed by atoms with van der Waals surface area (Å²) in [6, 6.07) is 6.87. The summed E-state index contributed by atoms with van der Waals surface area (Å²) in [5, 5.41) is 54.3. The molecular weight excluding hydrogens is 588 g/mol. The van der Waals surface area contributed by atoms with Gasteiger partial charge in [0.2, 0.25) is 0 Å². The number of benzene rings is 2. The Kier molecular flexibility index (Phi) is 8.49. The van der Waals surface area contributed by atoms with Crippen LogP contribution >= 0.6 is 0 Å². The number of non-ortho nitro benzene ring substituents is 2. The number of nitrogens with zero attached hydrogens (tertiary/aromatic N) is 6. The molecule has 3 fully saturated rings. The van der Waals surface area contributed by atoms with Crippen LogP contribution in [-0.2, 0) is 0 Å². The molecule has 0 spiro atoms. The predicted octanol–water partition coefficient (Wildman–Crippen LogP) is 7.06. The van der Waals surface area contributed by atoms with Gasteiger partial charge in [0.15, 0.2) is 0 Å². The quantitative estimate of drug-likeness (QED) is 0.164. The summed E-state index contributed by atoms with van der Waals surface area (Å²) in [5.74, 6) is 1.63. The lowest BCUT2D eigenvalue weighted by Gasteiger charge is -2.52. The second-order valence-electron chi connectivity index (χ2n) is 12.4. The number of anilines is 2. The molecule has 5 rings (SSSR count). The van der Waals surface area contributed by atoms with E-state index in [4.69, 9.17) is 0 Å². The summed E-state index contributed by atoms with van der Waals surface area (Å²) in [4.78, 5) is 42.5. The molecule has 0 saturated heterocycles. The molecule has 238 valence electrons. The van der Waals surface area contributed by atoms with Crippen molar-refractivity contribution >= 4 is 45.5 Å². The summed E-state index contributed by atoms with van der Waals surface area (Å²) in [6.07, 6.45) is 5.55. The Morgan fingerprint density at radius 3 is 1.93 bits per heavy atom. The standard InChI is InChI=1S/C29H34N8O8/c1-16-20-12-13-29(3)22(17(2)30-32-25-9-4-18(34(38)39)14-27(25)36(42)43)7-8-23(29)21(20)6-11-24(16)31-33-26-10-5-19(35(40)41)15-28(26)37(44)45/h4-5,9-10,14-16,20-23,32-33H,6-8,11-13H2,1-3H3/b30-17-,31-24+/t16-,20+,21-,22+,23-,29+/m1/s1. The first-order valence-corrected chi connectivity index (χ1v) is 14.8. The number of fused-ring (bicyclic) bond motifs is 3. The highest BCUT2D eigenvalue weighted by Crippen LogP contribution is 2.62. The maximum Gasteiger partial charge on any atom is 0.301 e. The van der Waals surface area contributed by atoms with Crippen LogP contribution in [0.15, 0.2) is 46.6 Å². The van der Waals surface area contributed by atoms with Crippen LogP contribution in [-0.4, -0.2) is 31.1 Å². The van der Waals surface area contributed by atoms with E-state index in [9.17, 15) is 40.5 Å². The average molecular weight is 623 g/mol. The zero-order valence-corrected chi connectivity index (χ0v) is 25.0. The van der Waals surface area contributed by atoms with E-state index < -0.39 is 31.1 Å². The van der Waals surface area contributed by atoms with Crippen molar-refractivity contribution < 1.29 is 19.7 Å². The van der Waals surface area contributed by atoms with E-state index in [-0.39, 0.29) is 40.0 Å². The van der Waals surface area contributed by atoms with E-state index in [2.05, 4.69) is 34.9 Å². The fourth-order valence-corrected chi connectivity index (χ4v) is 8.10. The second-order valence-corrected chi connectivity index (χ2v) is 12.4. The molecule has 3 aliphatic rings. The van der Waals surface area contributed by atoms with Crippen LogP contribution in [0.1, 0.15) is 59.3 Å². The van der Waals surface area contributed by atoms with Crippen LogP contribution in [0.3, 0.4) is 0 Å². The Morgan fingerprint density at radius 2 is 1.38 bits per heavy atom. The van der Waals surface area contributed by atoms with Crippen molar-refractivity contribution in [3.05, 3.63) is 76.9 Å². The molecule has 0 radical (unpaired) electrons. The summed E-state index contributed by atoms with van der Waals surface area (Å²) in [6.45, 7) is 6.37. The van der Waals surface area contributed by atoms with Gasteiger partial charge >= 0.3 is 11.4 Å². The van der Waals surface area contributed by atoms with E-state index in [1.165, 1.54) is 24.3 Å². The van der Waals surface area contributed by atoms with Crippen LogP contribution < -0.4 is 10.9 Å². The average Bonchev–Trinajstić information content (AvgIpc) is 3.36. The fraction of sp³-hybridized carbons (Fsp3) is 0.517. The first-order chi connectivity index (χ1) is 21.3. The van der Waals surface area contributed by atoms with Gasteiger partial charge in [-0.1, -0.05) is 13.8 Å². The first-order valence-electron chi connectivity index (χ1n) is 14.8. The summed E-state index contributed by atoms with van der Waals surface area (Å²) in [7, 11) is 0. The maximum absolute atomic E-state index is 11.5. The third-order valence-corrected chi connectivity index (χ3v) is 10.3. The monoisotopic (exact) mass is 622 g/mol. The molecule has 0 bridgehead atoms. The molecule has 2 N–H and O–H groups in total. The van der Waals surface area contributed by atoms with Gasteiger partial charge < -0.3 is 0 Å². The van der Waals surface area contributed by atoms with Crippen LogP contribution in [0.4, 0.5) is 34.1 Å². The van der Waals surface area contributed by atoms with Gasteiger partial charge in [0.05, 0.1) is 31.8 Å². The van der Waals surface area contributed by atoms with Crippen molar-refractivity contribution in [3.8, 4) is 0 Å². The van der Waals surface area contributed by atoms with Crippen molar-refractivity contribution in [2.24, 2.45) is 45.2 Å². The summed E-state index contributed by atoms with van der Waals surface area (Å²) >= 11 is 0. The molecule has 45 heavy (non-hydrogen) atoms. The molecule has 0 aliphatic heterocycles. The van der Waals surface area contributed by atoms with Crippen LogP contribution in [0.2, 0.25) is 0 Å². The van der Waals surface area contributed by atoms with Crippen molar-refractivity contribution in [1.29, 1.82) is 0 Å². The number of nitrogens with one attached hydrogen (secondary N) is 2. The van der Waals surface area contributed by atoms with Crippen LogP contribution in [0.5, 0.6) is 0 Å². The van der Waals surface area contributed by atoms with E-state index in [0.717, 1.165) is 62.1 Å². The van der Waals surface area contributed by atoms with Gasteiger partial charge in [0.25, 0.3) is 11.4 Å². The minimum absolute atomic E-state index is 0.0101. The Labute approximate surface area is 257 Å². The topological polar surface area (TPSA) is 221 Å². The minimum atomic E-state index is -0.677. The molecule has 0 unspecified atom stereocenters. The SMILES string of the molecule is C/C(=N/Nc1ccc([N+](=O)[O-])cc1[N+](=O)[O-])[C@@H]1CC[C@@H]2[C@@H]3CC/C(=N\Nc4ccc([N+](=O)[O-])cc4[N+](=O)[O-])[C@H](C)[C@@H]3CC[C@]21C.